The van der Waals surface area contributed by atoms with Crippen molar-refractivity contribution in [3.8, 4) is 11.3 Å². The third-order valence-electron chi connectivity index (χ3n) is 3.85. The summed E-state index contributed by atoms with van der Waals surface area (Å²) in [6.07, 6.45) is 0. The Morgan fingerprint density at radius 2 is 1.73 bits per heavy atom. The SMILES string of the molecule is Cc1ccc(-c2csc(S(=O)(=O)N3CCN(C)CC3)n2)cc1. The Morgan fingerprint density at radius 1 is 1.09 bits per heavy atom. The van der Waals surface area contributed by atoms with Crippen LogP contribution in [-0.4, -0.2) is 55.8 Å². The number of aromatic nitrogens is 1. The number of nitrogens with zero attached hydrogens (tertiary/aromatic N) is 3. The van der Waals surface area contributed by atoms with Crippen molar-refractivity contribution in [2.75, 3.05) is 33.2 Å². The van der Waals surface area contributed by atoms with Gasteiger partial charge in [0.15, 0.2) is 0 Å². The molecule has 0 amide bonds. The van der Waals surface area contributed by atoms with E-state index in [1.165, 1.54) is 21.2 Å². The molecule has 118 valence electrons. The zero-order valence-electron chi connectivity index (χ0n) is 12.7. The van der Waals surface area contributed by atoms with Crippen LogP contribution in [0.15, 0.2) is 34.0 Å². The van der Waals surface area contributed by atoms with Gasteiger partial charge in [-0.25, -0.2) is 13.4 Å². The molecule has 0 atom stereocenters. The van der Waals surface area contributed by atoms with E-state index in [4.69, 9.17) is 0 Å². The van der Waals surface area contributed by atoms with Gasteiger partial charge in [0.05, 0.1) is 5.69 Å². The van der Waals surface area contributed by atoms with E-state index in [-0.39, 0.29) is 4.34 Å². The Morgan fingerprint density at radius 3 is 2.36 bits per heavy atom. The lowest BCUT2D eigenvalue weighted by Crippen LogP contribution is -2.46. The molecular weight excluding hydrogens is 318 g/mol. The van der Waals surface area contributed by atoms with Gasteiger partial charge in [-0.3, -0.25) is 0 Å². The molecule has 7 heteroatoms. The zero-order valence-corrected chi connectivity index (χ0v) is 14.3. The molecular formula is C15H19N3O2S2. The molecule has 0 unspecified atom stereocenters. The summed E-state index contributed by atoms with van der Waals surface area (Å²) in [6, 6.07) is 7.94. The predicted molar refractivity (Wildman–Crippen MR) is 88.5 cm³/mol. The molecule has 0 aliphatic carbocycles. The molecule has 1 saturated heterocycles. The number of benzene rings is 1. The van der Waals surface area contributed by atoms with Crippen molar-refractivity contribution in [2.24, 2.45) is 0 Å². The van der Waals surface area contributed by atoms with Crippen LogP contribution in [0.5, 0.6) is 0 Å². The largest absolute Gasteiger partial charge is 0.304 e. The van der Waals surface area contributed by atoms with Crippen molar-refractivity contribution in [1.29, 1.82) is 0 Å². The highest BCUT2D eigenvalue weighted by atomic mass is 32.2. The van der Waals surface area contributed by atoms with Gasteiger partial charge in [-0.05, 0) is 14.0 Å². The molecule has 0 N–H and O–H groups in total. The molecule has 0 bridgehead atoms. The summed E-state index contributed by atoms with van der Waals surface area (Å²) in [5.74, 6) is 0. The number of sulfonamides is 1. The van der Waals surface area contributed by atoms with Crippen LogP contribution in [0.4, 0.5) is 0 Å². The Hall–Kier alpha value is -1.28. The summed E-state index contributed by atoms with van der Waals surface area (Å²) in [4.78, 5) is 6.48. The highest BCUT2D eigenvalue weighted by molar-refractivity contribution is 7.91. The van der Waals surface area contributed by atoms with Gasteiger partial charge in [0, 0.05) is 37.1 Å². The fourth-order valence-corrected chi connectivity index (χ4v) is 4.95. The summed E-state index contributed by atoms with van der Waals surface area (Å²) >= 11 is 1.20. The highest BCUT2D eigenvalue weighted by Gasteiger charge is 2.30. The number of hydrogen-bond donors (Lipinski definition) is 0. The van der Waals surface area contributed by atoms with E-state index in [1.54, 1.807) is 0 Å². The summed E-state index contributed by atoms with van der Waals surface area (Å²) < 4.78 is 27.0. The summed E-state index contributed by atoms with van der Waals surface area (Å²) in [5.41, 5.74) is 2.84. The average molecular weight is 337 g/mol. The first-order chi connectivity index (χ1) is 10.5. The number of aryl methyl sites for hydroxylation is 1. The first-order valence-corrected chi connectivity index (χ1v) is 9.50. The quantitative estimate of drug-likeness (QED) is 0.860. The number of rotatable bonds is 3. The Bertz CT molecular complexity index is 745. The molecule has 1 aromatic heterocycles. The number of thiazole rings is 1. The van der Waals surface area contributed by atoms with Crippen LogP contribution in [0, 0.1) is 6.92 Å². The average Bonchev–Trinajstić information content (AvgIpc) is 2.99. The third-order valence-corrected chi connectivity index (χ3v) is 6.99. The Kier molecular flexibility index (Phi) is 4.31. The summed E-state index contributed by atoms with van der Waals surface area (Å²) in [6.45, 7) is 4.59. The monoisotopic (exact) mass is 337 g/mol. The van der Waals surface area contributed by atoms with Crippen molar-refractivity contribution in [1.82, 2.24) is 14.2 Å². The molecule has 5 nitrogen and oxygen atoms in total. The molecule has 2 heterocycles. The van der Waals surface area contributed by atoms with Crippen molar-refractivity contribution in [2.45, 2.75) is 11.3 Å². The second-order valence-electron chi connectivity index (χ2n) is 5.57. The minimum Gasteiger partial charge on any atom is -0.304 e. The highest BCUT2D eigenvalue weighted by Crippen LogP contribution is 2.27. The zero-order chi connectivity index (χ0) is 15.7. The van der Waals surface area contributed by atoms with Crippen LogP contribution in [0.3, 0.4) is 0 Å². The van der Waals surface area contributed by atoms with Gasteiger partial charge in [-0.1, -0.05) is 29.8 Å². The fraction of sp³-hybridized carbons (Fsp3) is 0.400. The van der Waals surface area contributed by atoms with Crippen molar-refractivity contribution in [3.05, 3.63) is 35.2 Å². The molecule has 1 aliphatic heterocycles. The normalized spacial score (nSPS) is 17.7. The van der Waals surface area contributed by atoms with Gasteiger partial charge < -0.3 is 4.90 Å². The third kappa shape index (κ3) is 3.08. The van der Waals surface area contributed by atoms with E-state index >= 15 is 0 Å². The van der Waals surface area contributed by atoms with E-state index in [2.05, 4.69) is 9.88 Å². The molecule has 3 rings (SSSR count). The van der Waals surface area contributed by atoms with Crippen molar-refractivity contribution < 1.29 is 8.42 Å². The van der Waals surface area contributed by atoms with Crippen LogP contribution in [0.1, 0.15) is 5.56 Å². The topological polar surface area (TPSA) is 53.5 Å². The van der Waals surface area contributed by atoms with Crippen LogP contribution < -0.4 is 0 Å². The van der Waals surface area contributed by atoms with E-state index < -0.39 is 10.0 Å². The lowest BCUT2D eigenvalue weighted by molar-refractivity contribution is 0.222. The fourth-order valence-electron chi connectivity index (χ4n) is 2.37. The first kappa shape index (κ1) is 15.6. The smallest absolute Gasteiger partial charge is 0.270 e. The van der Waals surface area contributed by atoms with Crippen LogP contribution in [0.2, 0.25) is 0 Å². The molecule has 1 fully saturated rings. The number of likely N-dealkylation sites (N-methyl/N-ethyl adjacent to an activating group) is 1. The van der Waals surface area contributed by atoms with Gasteiger partial charge in [0.2, 0.25) is 4.34 Å². The predicted octanol–water partition coefficient (Wildman–Crippen LogP) is 2.05. The molecule has 2 aromatic rings. The molecule has 1 aromatic carbocycles. The van der Waals surface area contributed by atoms with E-state index in [0.29, 0.717) is 13.1 Å². The minimum atomic E-state index is -3.47. The second kappa shape index (κ2) is 6.08. The summed E-state index contributed by atoms with van der Waals surface area (Å²) in [7, 11) is -1.46. The van der Waals surface area contributed by atoms with E-state index in [0.717, 1.165) is 24.3 Å². The van der Waals surface area contributed by atoms with Crippen molar-refractivity contribution >= 4 is 21.4 Å². The maximum Gasteiger partial charge on any atom is 0.270 e. The molecule has 22 heavy (non-hydrogen) atoms. The van der Waals surface area contributed by atoms with Gasteiger partial charge in [-0.2, -0.15) is 4.31 Å². The molecule has 0 spiro atoms. The van der Waals surface area contributed by atoms with E-state index in [9.17, 15) is 8.42 Å². The van der Waals surface area contributed by atoms with Gasteiger partial charge in [0.1, 0.15) is 0 Å². The van der Waals surface area contributed by atoms with Crippen molar-refractivity contribution in [3.63, 3.8) is 0 Å². The lowest BCUT2D eigenvalue weighted by atomic mass is 10.1. The standard InChI is InChI=1S/C15H19N3O2S2/c1-12-3-5-13(6-4-12)14-11-21-15(16-14)22(19,20)18-9-7-17(2)8-10-18/h3-6,11H,7-10H2,1-2H3. The van der Waals surface area contributed by atoms with Crippen LogP contribution >= 0.6 is 11.3 Å². The van der Waals surface area contributed by atoms with Gasteiger partial charge >= 0.3 is 0 Å². The molecule has 1 aliphatic rings. The van der Waals surface area contributed by atoms with E-state index in [1.807, 2.05) is 43.6 Å². The molecule has 0 radical (unpaired) electrons. The van der Waals surface area contributed by atoms with Gasteiger partial charge in [-0.15, -0.1) is 11.3 Å². The Balaban J connectivity index is 1.85. The number of hydrogen-bond acceptors (Lipinski definition) is 5. The summed E-state index contributed by atoms with van der Waals surface area (Å²) in [5, 5.41) is 1.81. The Labute approximate surface area is 135 Å². The lowest BCUT2D eigenvalue weighted by Gasteiger charge is -2.30. The molecule has 0 saturated carbocycles. The maximum atomic E-state index is 12.6. The second-order valence-corrected chi connectivity index (χ2v) is 8.54. The minimum absolute atomic E-state index is 0.188. The van der Waals surface area contributed by atoms with Gasteiger partial charge in [0.25, 0.3) is 10.0 Å². The van der Waals surface area contributed by atoms with Crippen LogP contribution in [0.25, 0.3) is 11.3 Å². The number of piperazine rings is 1. The first-order valence-electron chi connectivity index (χ1n) is 7.18. The van der Waals surface area contributed by atoms with Crippen LogP contribution in [-0.2, 0) is 10.0 Å². The maximum absolute atomic E-state index is 12.6.